The molecule has 2 bridgehead atoms. The molecule has 0 heterocycles. The molecule has 0 aromatic carbocycles. The summed E-state index contributed by atoms with van der Waals surface area (Å²) >= 11 is 0. The fraction of sp³-hybridized carbons (Fsp3) is 0.786. The maximum atomic E-state index is 14.0. The quantitative estimate of drug-likeness (QED) is 0.419. The highest BCUT2D eigenvalue weighted by Crippen LogP contribution is 2.52. The van der Waals surface area contributed by atoms with Crippen LogP contribution in [0.5, 0.6) is 0 Å². The van der Waals surface area contributed by atoms with E-state index in [1.54, 1.807) is 6.08 Å². The van der Waals surface area contributed by atoms with E-state index in [0.717, 1.165) is 0 Å². The summed E-state index contributed by atoms with van der Waals surface area (Å²) in [5.41, 5.74) is -6.38. The van der Waals surface area contributed by atoms with Crippen molar-refractivity contribution in [2.24, 2.45) is 17.8 Å². The van der Waals surface area contributed by atoms with Crippen LogP contribution in [0.3, 0.4) is 0 Å². The maximum absolute atomic E-state index is 14.0. The van der Waals surface area contributed by atoms with E-state index in [0.29, 0.717) is 6.42 Å². The van der Waals surface area contributed by atoms with Crippen molar-refractivity contribution >= 4 is 5.97 Å². The Labute approximate surface area is 145 Å². The largest absolute Gasteiger partial charge is 0.446 e. The van der Waals surface area contributed by atoms with Gasteiger partial charge in [-0.2, -0.15) is 35.1 Å². The second-order valence-electron chi connectivity index (χ2n) is 6.43. The molecule has 2 aliphatic rings. The molecule has 156 valence electrons. The third-order valence-electron chi connectivity index (χ3n) is 4.70. The molecule has 0 aromatic rings. The number of esters is 1. The lowest BCUT2D eigenvalue weighted by Gasteiger charge is -2.40. The van der Waals surface area contributed by atoms with Crippen LogP contribution in [0.1, 0.15) is 12.8 Å². The van der Waals surface area contributed by atoms with Crippen LogP contribution in [-0.2, 0) is 9.53 Å². The number of aliphatic hydroxyl groups is 1. The molecule has 3 nitrogen and oxygen atoms in total. The summed E-state index contributed by atoms with van der Waals surface area (Å²) < 4.78 is 133. The number of carbonyl (C=O) groups is 1. The van der Waals surface area contributed by atoms with Crippen LogP contribution in [-0.4, -0.2) is 47.5 Å². The number of halogens is 10. The lowest BCUT2D eigenvalue weighted by Crippen LogP contribution is -2.70. The van der Waals surface area contributed by atoms with E-state index < -0.39 is 54.2 Å². The van der Waals surface area contributed by atoms with Crippen LogP contribution in [0.2, 0.25) is 0 Å². The number of carbonyl (C=O) groups excluding carboxylic acids is 1. The summed E-state index contributed by atoms with van der Waals surface area (Å²) in [5, 5.41) is 8.84. The second kappa shape index (κ2) is 6.52. The molecule has 0 spiro atoms. The molecule has 1 saturated carbocycles. The van der Waals surface area contributed by atoms with Crippen molar-refractivity contribution in [1.82, 2.24) is 0 Å². The minimum absolute atomic E-state index is 0.0749. The molecular weight excluding hydrogens is 406 g/mol. The van der Waals surface area contributed by atoms with Gasteiger partial charge in [0.15, 0.2) is 0 Å². The summed E-state index contributed by atoms with van der Waals surface area (Å²) in [5.74, 6) is -10.7. The third kappa shape index (κ3) is 3.49. The van der Waals surface area contributed by atoms with Crippen molar-refractivity contribution in [2.45, 2.75) is 49.2 Å². The first-order chi connectivity index (χ1) is 12.0. The molecular formula is C14H12F10O3. The van der Waals surface area contributed by atoms with E-state index in [4.69, 9.17) is 5.11 Å². The molecule has 0 aliphatic heterocycles. The molecule has 0 aromatic heterocycles. The van der Waals surface area contributed by atoms with E-state index >= 15 is 0 Å². The van der Waals surface area contributed by atoms with Gasteiger partial charge in [-0.25, -0.2) is 8.78 Å². The minimum atomic E-state index is -6.85. The Bertz CT molecular complexity index is 611. The Hall–Kier alpha value is -1.53. The van der Waals surface area contributed by atoms with E-state index in [1.807, 2.05) is 0 Å². The van der Waals surface area contributed by atoms with Gasteiger partial charge >= 0.3 is 24.2 Å². The van der Waals surface area contributed by atoms with Gasteiger partial charge in [0.05, 0.1) is 5.92 Å². The SMILES string of the molecule is O=C(OC(C(F)(F)F)C(F)(F)C(O)(C(F)F)C(F)(F)F)C1CC2C=CC1C2. The zero-order valence-electron chi connectivity index (χ0n) is 13.0. The zero-order chi connectivity index (χ0) is 21.0. The molecule has 5 atom stereocenters. The topological polar surface area (TPSA) is 46.5 Å². The van der Waals surface area contributed by atoms with E-state index in [-0.39, 0.29) is 12.3 Å². The highest BCUT2D eigenvalue weighted by atomic mass is 19.4. The number of hydrogen-bond donors (Lipinski definition) is 1. The number of alkyl halides is 10. The lowest BCUT2D eigenvalue weighted by atomic mass is 9.89. The average molecular weight is 418 g/mol. The van der Waals surface area contributed by atoms with Gasteiger partial charge in [-0.3, -0.25) is 4.79 Å². The standard InChI is InChI=1S/C14H12F10O3/c15-10(16)11(26,14(22,23)24)12(17,18)9(13(19,20)21)27-8(25)7-4-5-1-2-6(7)3-5/h1-2,5-7,9-10,26H,3-4H2. The molecule has 0 amide bonds. The molecule has 27 heavy (non-hydrogen) atoms. The Kier molecular flexibility index (Phi) is 5.26. The number of fused-ring (bicyclic) bond motifs is 2. The second-order valence-corrected chi connectivity index (χ2v) is 6.43. The molecule has 13 heteroatoms. The highest BCUT2D eigenvalue weighted by Gasteiger charge is 2.81. The van der Waals surface area contributed by atoms with Crippen molar-refractivity contribution in [2.75, 3.05) is 0 Å². The van der Waals surface area contributed by atoms with E-state index in [2.05, 4.69) is 4.74 Å². The summed E-state index contributed by atoms with van der Waals surface area (Å²) in [6.45, 7) is 0. The zero-order valence-corrected chi connectivity index (χ0v) is 13.0. The van der Waals surface area contributed by atoms with Gasteiger partial charge in [0.2, 0.25) is 0 Å². The van der Waals surface area contributed by atoms with Crippen molar-refractivity contribution in [1.29, 1.82) is 0 Å². The molecule has 1 fully saturated rings. The van der Waals surface area contributed by atoms with Gasteiger partial charge in [-0.1, -0.05) is 12.2 Å². The Balaban J connectivity index is 2.37. The average Bonchev–Trinajstić information content (AvgIpc) is 3.11. The number of hydrogen-bond acceptors (Lipinski definition) is 3. The Morgan fingerprint density at radius 3 is 1.89 bits per heavy atom. The van der Waals surface area contributed by atoms with Crippen LogP contribution in [0.25, 0.3) is 0 Å². The predicted molar refractivity (Wildman–Crippen MR) is 66.7 cm³/mol. The van der Waals surface area contributed by atoms with Gasteiger partial charge in [0.25, 0.3) is 18.1 Å². The van der Waals surface area contributed by atoms with Crippen molar-refractivity contribution in [3.05, 3.63) is 12.2 Å². The van der Waals surface area contributed by atoms with Crippen molar-refractivity contribution in [3.63, 3.8) is 0 Å². The van der Waals surface area contributed by atoms with Crippen LogP contribution in [0, 0.1) is 17.8 Å². The first-order valence-electron chi connectivity index (χ1n) is 7.44. The molecule has 2 aliphatic carbocycles. The van der Waals surface area contributed by atoms with E-state index in [1.165, 1.54) is 6.08 Å². The summed E-state index contributed by atoms with van der Waals surface area (Å²) in [4.78, 5) is 11.8. The fourth-order valence-corrected chi connectivity index (χ4v) is 3.26. The fourth-order valence-electron chi connectivity index (χ4n) is 3.26. The van der Waals surface area contributed by atoms with Crippen LogP contribution in [0.4, 0.5) is 43.9 Å². The Morgan fingerprint density at radius 1 is 1.00 bits per heavy atom. The monoisotopic (exact) mass is 418 g/mol. The molecule has 1 N–H and O–H groups in total. The highest BCUT2D eigenvalue weighted by molar-refractivity contribution is 5.74. The van der Waals surface area contributed by atoms with Gasteiger partial charge in [0, 0.05) is 0 Å². The van der Waals surface area contributed by atoms with Gasteiger partial charge in [-0.15, -0.1) is 0 Å². The van der Waals surface area contributed by atoms with E-state index in [9.17, 15) is 48.7 Å². The molecule has 5 unspecified atom stereocenters. The number of ether oxygens (including phenoxy) is 1. The molecule has 2 rings (SSSR count). The van der Waals surface area contributed by atoms with Crippen molar-refractivity contribution in [3.8, 4) is 0 Å². The van der Waals surface area contributed by atoms with Crippen molar-refractivity contribution < 1.29 is 58.5 Å². The van der Waals surface area contributed by atoms with Crippen LogP contribution < -0.4 is 0 Å². The maximum Gasteiger partial charge on any atom is 0.431 e. The smallest absolute Gasteiger partial charge is 0.431 e. The lowest BCUT2D eigenvalue weighted by molar-refractivity contribution is -0.401. The summed E-state index contributed by atoms with van der Waals surface area (Å²) in [7, 11) is 0. The molecule has 0 saturated heterocycles. The first-order valence-corrected chi connectivity index (χ1v) is 7.44. The predicted octanol–water partition coefficient (Wildman–Crippen LogP) is 3.87. The van der Waals surface area contributed by atoms with Crippen LogP contribution >= 0.6 is 0 Å². The minimum Gasteiger partial charge on any atom is -0.446 e. The third-order valence-corrected chi connectivity index (χ3v) is 4.70. The summed E-state index contributed by atoms with van der Waals surface area (Å²) in [6, 6.07) is 0. The van der Waals surface area contributed by atoms with Gasteiger partial charge in [-0.05, 0) is 24.7 Å². The molecule has 0 radical (unpaired) electrons. The Morgan fingerprint density at radius 2 is 1.56 bits per heavy atom. The van der Waals surface area contributed by atoms with Gasteiger partial charge in [0.1, 0.15) is 0 Å². The summed E-state index contributed by atoms with van der Waals surface area (Å²) in [6.07, 6.45) is -20.2. The van der Waals surface area contributed by atoms with Gasteiger partial charge < -0.3 is 9.84 Å². The normalized spacial score (nSPS) is 29.1. The number of rotatable bonds is 5. The van der Waals surface area contributed by atoms with Crippen LogP contribution in [0.15, 0.2) is 12.2 Å². The number of allylic oxidation sites excluding steroid dienone is 2. The first kappa shape index (κ1) is 21.8.